The third kappa shape index (κ3) is 5.02. The molecule has 2 N–H and O–H groups in total. The Kier molecular flexibility index (Phi) is 7.38. The van der Waals surface area contributed by atoms with E-state index in [1.54, 1.807) is 29.2 Å². The van der Waals surface area contributed by atoms with Crippen LogP contribution in [-0.4, -0.2) is 34.8 Å². The number of hydrogen-bond donors (Lipinski definition) is 2. The van der Waals surface area contributed by atoms with Crippen LogP contribution in [0.4, 0.5) is 0 Å². The van der Waals surface area contributed by atoms with E-state index in [2.05, 4.69) is 15.7 Å². The summed E-state index contributed by atoms with van der Waals surface area (Å²) in [5, 5.41) is 10.9. The fourth-order valence-electron chi connectivity index (χ4n) is 1.97. The highest BCUT2D eigenvalue weighted by molar-refractivity contribution is 6.30. The molecule has 1 atom stereocenters. The number of carbonyl (C=O) groups excluding carboxylic acids is 1. The summed E-state index contributed by atoms with van der Waals surface area (Å²) in [6.07, 6.45) is 3.24. The van der Waals surface area contributed by atoms with Crippen molar-refractivity contribution >= 4 is 29.9 Å². The normalized spacial score (nSPS) is 11.6. The van der Waals surface area contributed by atoms with Gasteiger partial charge in [0.05, 0.1) is 17.4 Å². The van der Waals surface area contributed by atoms with Gasteiger partial charge in [-0.1, -0.05) is 24.6 Å². The molecular formula is C15H20Cl2N4O. The second-order valence-electron chi connectivity index (χ2n) is 4.82. The van der Waals surface area contributed by atoms with Crippen molar-refractivity contribution in [3.63, 3.8) is 0 Å². The molecule has 0 radical (unpaired) electrons. The summed E-state index contributed by atoms with van der Waals surface area (Å²) in [6, 6.07) is 7.56. The highest BCUT2D eigenvalue weighted by Crippen LogP contribution is 2.14. The monoisotopic (exact) mass is 342 g/mol. The van der Waals surface area contributed by atoms with E-state index < -0.39 is 0 Å². The van der Waals surface area contributed by atoms with Gasteiger partial charge in [-0.05, 0) is 31.7 Å². The lowest BCUT2D eigenvalue weighted by atomic mass is 10.3. The average molecular weight is 343 g/mol. The van der Waals surface area contributed by atoms with E-state index in [0.29, 0.717) is 17.1 Å². The molecule has 7 heteroatoms. The minimum Gasteiger partial charge on any atom is -0.350 e. The van der Waals surface area contributed by atoms with Gasteiger partial charge in [0.15, 0.2) is 0 Å². The number of likely N-dealkylation sites (N-methyl/N-ethyl adjacent to an activating group) is 1. The fraction of sp³-hybridized carbons (Fsp3) is 0.333. The van der Waals surface area contributed by atoms with Crippen LogP contribution >= 0.6 is 24.0 Å². The summed E-state index contributed by atoms with van der Waals surface area (Å²) in [7, 11) is 0. The smallest absolute Gasteiger partial charge is 0.254 e. The molecule has 0 aliphatic carbocycles. The van der Waals surface area contributed by atoms with Crippen LogP contribution in [0.25, 0.3) is 5.69 Å². The van der Waals surface area contributed by atoms with Crippen LogP contribution in [0.5, 0.6) is 0 Å². The summed E-state index contributed by atoms with van der Waals surface area (Å²) >= 11 is 5.95. The van der Waals surface area contributed by atoms with Gasteiger partial charge in [-0.3, -0.25) is 4.79 Å². The van der Waals surface area contributed by atoms with Gasteiger partial charge >= 0.3 is 0 Å². The molecule has 22 heavy (non-hydrogen) atoms. The number of aromatic nitrogens is 2. The van der Waals surface area contributed by atoms with Crippen LogP contribution in [0.2, 0.25) is 5.02 Å². The Hall–Kier alpha value is -1.56. The first kappa shape index (κ1) is 18.5. The lowest BCUT2D eigenvalue weighted by molar-refractivity contribution is 0.0950. The Bertz CT molecular complexity index is 615. The van der Waals surface area contributed by atoms with Crippen molar-refractivity contribution in [3.8, 4) is 5.69 Å². The van der Waals surface area contributed by atoms with E-state index in [-0.39, 0.29) is 24.4 Å². The number of benzene rings is 1. The molecule has 1 amide bonds. The number of halogens is 2. The van der Waals surface area contributed by atoms with E-state index in [1.807, 2.05) is 26.0 Å². The zero-order chi connectivity index (χ0) is 15.2. The fourth-order valence-corrected chi connectivity index (χ4v) is 2.15. The Morgan fingerprint density at radius 3 is 2.91 bits per heavy atom. The Labute approximate surface area is 141 Å². The lowest BCUT2D eigenvalue weighted by Gasteiger charge is -2.12. The lowest BCUT2D eigenvalue weighted by Crippen LogP contribution is -2.38. The van der Waals surface area contributed by atoms with Crippen molar-refractivity contribution in [2.45, 2.75) is 19.9 Å². The number of amides is 1. The second kappa shape index (κ2) is 8.78. The SMILES string of the molecule is CCN[C@H](C)CNC(=O)c1cnn(-c2cccc(Cl)c2)c1.Cl. The van der Waals surface area contributed by atoms with E-state index in [4.69, 9.17) is 11.6 Å². The van der Waals surface area contributed by atoms with Gasteiger partial charge in [0.1, 0.15) is 0 Å². The van der Waals surface area contributed by atoms with Gasteiger partial charge in [0.2, 0.25) is 0 Å². The molecular weight excluding hydrogens is 323 g/mol. The third-order valence-corrected chi connectivity index (χ3v) is 3.27. The maximum absolute atomic E-state index is 12.0. The second-order valence-corrected chi connectivity index (χ2v) is 5.26. The highest BCUT2D eigenvalue weighted by atomic mass is 35.5. The van der Waals surface area contributed by atoms with E-state index in [9.17, 15) is 4.79 Å². The first-order valence-electron chi connectivity index (χ1n) is 6.92. The quantitative estimate of drug-likeness (QED) is 0.848. The molecule has 2 aromatic rings. The summed E-state index contributed by atoms with van der Waals surface area (Å²) in [4.78, 5) is 12.0. The Balaban J connectivity index is 0.00000242. The van der Waals surface area contributed by atoms with Crippen LogP contribution in [0, 0.1) is 0 Å². The first-order chi connectivity index (χ1) is 10.1. The number of hydrogen-bond acceptors (Lipinski definition) is 3. The van der Waals surface area contributed by atoms with Crippen LogP contribution in [0.15, 0.2) is 36.7 Å². The van der Waals surface area contributed by atoms with Gasteiger partial charge in [-0.2, -0.15) is 5.10 Å². The van der Waals surface area contributed by atoms with Gasteiger partial charge in [0, 0.05) is 23.8 Å². The van der Waals surface area contributed by atoms with Crippen molar-refractivity contribution in [3.05, 3.63) is 47.2 Å². The van der Waals surface area contributed by atoms with Crippen LogP contribution in [-0.2, 0) is 0 Å². The van der Waals surface area contributed by atoms with Gasteiger partial charge in [-0.25, -0.2) is 4.68 Å². The third-order valence-electron chi connectivity index (χ3n) is 3.04. The predicted octanol–water partition coefficient (Wildman–Crippen LogP) is 2.68. The molecule has 0 bridgehead atoms. The zero-order valence-electron chi connectivity index (χ0n) is 12.5. The van der Waals surface area contributed by atoms with Crippen LogP contribution in [0.3, 0.4) is 0 Å². The summed E-state index contributed by atoms with van der Waals surface area (Å²) in [6.45, 7) is 5.52. The molecule has 0 saturated carbocycles. The van der Waals surface area contributed by atoms with Crippen LogP contribution in [0.1, 0.15) is 24.2 Å². The summed E-state index contributed by atoms with van der Waals surface area (Å²) in [5.74, 6) is -0.131. The molecule has 0 fully saturated rings. The van der Waals surface area contributed by atoms with Crippen molar-refractivity contribution in [2.24, 2.45) is 0 Å². The molecule has 2 rings (SSSR count). The van der Waals surface area contributed by atoms with Crippen molar-refractivity contribution in [1.29, 1.82) is 0 Å². The Morgan fingerprint density at radius 2 is 2.23 bits per heavy atom. The molecule has 1 heterocycles. The molecule has 0 aliphatic heterocycles. The summed E-state index contributed by atoms with van der Waals surface area (Å²) in [5.41, 5.74) is 1.35. The number of carbonyl (C=O) groups is 1. The molecule has 120 valence electrons. The van der Waals surface area contributed by atoms with Crippen LogP contribution < -0.4 is 10.6 Å². The molecule has 1 aromatic heterocycles. The number of nitrogens with zero attached hydrogens (tertiary/aromatic N) is 2. The maximum atomic E-state index is 12.0. The topological polar surface area (TPSA) is 58.9 Å². The minimum absolute atomic E-state index is 0. The minimum atomic E-state index is -0.131. The van der Waals surface area contributed by atoms with E-state index >= 15 is 0 Å². The van der Waals surface area contributed by atoms with Gasteiger partial charge in [0.25, 0.3) is 5.91 Å². The van der Waals surface area contributed by atoms with Crippen molar-refractivity contribution < 1.29 is 4.79 Å². The molecule has 0 saturated heterocycles. The van der Waals surface area contributed by atoms with Crippen molar-refractivity contribution in [1.82, 2.24) is 20.4 Å². The molecule has 0 spiro atoms. The largest absolute Gasteiger partial charge is 0.350 e. The van der Waals surface area contributed by atoms with Gasteiger partial charge in [-0.15, -0.1) is 12.4 Å². The molecule has 1 aromatic carbocycles. The molecule has 5 nitrogen and oxygen atoms in total. The highest BCUT2D eigenvalue weighted by Gasteiger charge is 2.10. The molecule has 0 aliphatic rings. The average Bonchev–Trinajstić information content (AvgIpc) is 2.95. The predicted molar refractivity (Wildman–Crippen MR) is 91.3 cm³/mol. The Morgan fingerprint density at radius 1 is 1.45 bits per heavy atom. The molecule has 0 unspecified atom stereocenters. The zero-order valence-corrected chi connectivity index (χ0v) is 14.1. The standard InChI is InChI=1S/C15H19ClN4O.ClH/c1-3-17-11(2)8-18-15(21)12-9-19-20(10-12)14-6-4-5-13(16)7-14;/h4-7,9-11,17H,3,8H2,1-2H3,(H,18,21);1H/t11-;/m1./s1. The summed E-state index contributed by atoms with van der Waals surface area (Å²) < 4.78 is 1.63. The van der Waals surface area contributed by atoms with Gasteiger partial charge < -0.3 is 10.6 Å². The van der Waals surface area contributed by atoms with E-state index in [1.165, 1.54) is 0 Å². The van der Waals surface area contributed by atoms with E-state index in [0.717, 1.165) is 12.2 Å². The first-order valence-corrected chi connectivity index (χ1v) is 7.30. The number of rotatable bonds is 6. The number of nitrogens with one attached hydrogen (secondary N) is 2. The van der Waals surface area contributed by atoms with Crippen molar-refractivity contribution in [2.75, 3.05) is 13.1 Å². The maximum Gasteiger partial charge on any atom is 0.254 e.